The number of carboxylic acid groups (broad SMARTS) is 1. The van der Waals surface area contributed by atoms with Crippen LogP contribution in [-0.4, -0.2) is 36.2 Å². The van der Waals surface area contributed by atoms with Crippen molar-refractivity contribution in [3.63, 3.8) is 0 Å². The van der Waals surface area contributed by atoms with E-state index in [1.54, 1.807) is 0 Å². The van der Waals surface area contributed by atoms with E-state index in [1.165, 1.54) is 0 Å². The zero-order valence-corrected chi connectivity index (χ0v) is 12.4. The van der Waals surface area contributed by atoms with E-state index in [-0.39, 0.29) is 18.2 Å². The van der Waals surface area contributed by atoms with Crippen molar-refractivity contribution in [3.8, 4) is 0 Å². The standard InChI is InChI=1S/C14H16BrNO4/c15-11-3-1-2-9(6-11)7-12(14(18)19)16-13(17)10-4-5-20-8-10/h1-3,6,10,12H,4-5,7-8H2,(H,16,17)(H,18,19)/t10-,12+/m0/s1. The summed E-state index contributed by atoms with van der Waals surface area (Å²) in [7, 11) is 0. The molecule has 0 bridgehead atoms. The second kappa shape index (κ2) is 6.85. The van der Waals surface area contributed by atoms with Crippen LogP contribution in [0.25, 0.3) is 0 Å². The Morgan fingerprint density at radius 2 is 2.30 bits per heavy atom. The smallest absolute Gasteiger partial charge is 0.326 e. The second-order valence-corrected chi connectivity index (χ2v) is 5.71. The molecule has 1 saturated heterocycles. The second-order valence-electron chi connectivity index (χ2n) is 4.79. The third-order valence-corrected chi connectivity index (χ3v) is 3.74. The molecule has 0 radical (unpaired) electrons. The summed E-state index contributed by atoms with van der Waals surface area (Å²) < 4.78 is 6.02. The van der Waals surface area contributed by atoms with Crippen molar-refractivity contribution in [3.05, 3.63) is 34.3 Å². The third-order valence-electron chi connectivity index (χ3n) is 3.24. The lowest BCUT2D eigenvalue weighted by Crippen LogP contribution is -2.45. The minimum absolute atomic E-state index is 0.237. The van der Waals surface area contributed by atoms with Gasteiger partial charge in [0.25, 0.3) is 0 Å². The first-order chi connectivity index (χ1) is 9.56. The molecule has 0 aliphatic carbocycles. The van der Waals surface area contributed by atoms with Crippen LogP contribution in [-0.2, 0) is 20.7 Å². The molecule has 2 atom stereocenters. The van der Waals surface area contributed by atoms with Gasteiger partial charge in [0, 0.05) is 17.5 Å². The molecule has 0 aromatic heterocycles. The number of carbonyl (C=O) groups excluding carboxylic acids is 1. The van der Waals surface area contributed by atoms with Crippen LogP contribution in [0, 0.1) is 5.92 Å². The van der Waals surface area contributed by atoms with Gasteiger partial charge in [0.15, 0.2) is 0 Å². The van der Waals surface area contributed by atoms with Gasteiger partial charge in [-0.25, -0.2) is 4.79 Å². The third kappa shape index (κ3) is 4.05. The fourth-order valence-corrected chi connectivity index (χ4v) is 2.58. The quantitative estimate of drug-likeness (QED) is 0.852. The molecule has 1 amide bonds. The first-order valence-corrected chi connectivity index (χ1v) is 7.21. The highest BCUT2D eigenvalue weighted by Crippen LogP contribution is 2.15. The zero-order chi connectivity index (χ0) is 14.5. The minimum Gasteiger partial charge on any atom is -0.480 e. The Balaban J connectivity index is 2.00. The molecule has 20 heavy (non-hydrogen) atoms. The number of rotatable bonds is 5. The Kier molecular flexibility index (Phi) is 5.14. The van der Waals surface area contributed by atoms with Gasteiger partial charge in [0.2, 0.25) is 5.91 Å². The van der Waals surface area contributed by atoms with Gasteiger partial charge in [-0.3, -0.25) is 4.79 Å². The highest BCUT2D eigenvalue weighted by atomic mass is 79.9. The SMILES string of the molecule is O=C(N[C@H](Cc1cccc(Br)c1)C(=O)O)[C@H]1CCOC1. The van der Waals surface area contributed by atoms with Crippen LogP contribution < -0.4 is 5.32 Å². The first kappa shape index (κ1) is 15.0. The highest BCUT2D eigenvalue weighted by molar-refractivity contribution is 9.10. The fourth-order valence-electron chi connectivity index (χ4n) is 2.13. The molecule has 5 nitrogen and oxygen atoms in total. The molecule has 1 aromatic carbocycles. The normalized spacial score (nSPS) is 19.6. The van der Waals surface area contributed by atoms with Crippen molar-refractivity contribution >= 4 is 27.8 Å². The van der Waals surface area contributed by atoms with Crippen LogP contribution >= 0.6 is 15.9 Å². The number of hydrogen-bond acceptors (Lipinski definition) is 3. The predicted molar refractivity (Wildman–Crippen MR) is 76.3 cm³/mol. The van der Waals surface area contributed by atoms with E-state index in [1.807, 2.05) is 24.3 Å². The molecule has 2 N–H and O–H groups in total. The monoisotopic (exact) mass is 341 g/mol. The average molecular weight is 342 g/mol. The van der Waals surface area contributed by atoms with Crippen molar-refractivity contribution in [2.45, 2.75) is 18.9 Å². The van der Waals surface area contributed by atoms with E-state index >= 15 is 0 Å². The maximum atomic E-state index is 12.0. The lowest BCUT2D eigenvalue weighted by atomic mass is 10.0. The number of hydrogen-bond donors (Lipinski definition) is 2. The molecule has 1 aliphatic rings. The number of carbonyl (C=O) groups is 2. The van der Waals surface area contributed by atoms with Crippen molar-refractivity contribution in [2.24, 2.45) is 5.92 Å². The Morgan fingerprint density at radius 3 is 2.90 bits per heavy atom. The summed E-state index contributed by atoms with van der Waals surface area (Å²) >= 11 is 3.34. The van der Waals surface area contributed by atoms with Crippen molar-refractivity contribution in [2.75, 3.05) is 13.2 Å². The van der Waals surface area contributed by atoms with Gasteiger partial charge in [0.1, 0.15) is 6.04 Å². The van der Waals surface area contributed by atoms with Gasteiger partial charge in [-0.15, -0.1) is 0 Å². The molecule has 0 spiro atoms. The first-order valence-electron chi connectivity index (χ1n) is 6.41. The fraction of sp³-hybridized carbons (Fsp3) is 0.429. The average Bonchev–Trinajstić information content (AvgIpc) is 2.91. The Labute approximate surface area is 125 Å². The number of carboxylic acids is 1. The number of halogens is 1. The Bertz CT molecular complexity index is 500. The van der Waals surface area contributed by atoms with Crippen molar-refractivity contribution < 1.29 is 19.4 Å². The summed E-state index contributed by atoms with van der Waals surface area (Å²) in [5.74, 6) is -1.51. The number of benzene rings is 1. The largest absolute Gasteiger partial charge is 0.480 e. The lowest BCUT2D eigenvalue weighted by Gasteiger charge is -2.17. The van der Waals surface area contributed by atoms with E-state index in [0.29, 0.717) is 19.6 Å². The molecular formula is C14H16BrNO4. The summed E-state index contributed by atoms with van der Waals surface area (Å²) in [6, 6.07) is 6.47. The molecule has 2 rings (SSSR count). The van der Waals surface area contributed by atoms with E-state index < -0.39 is 12.0 Å². The van der Waals surface area contributed by atoms with Crippen molar-refractivity contribution in [1.82, 2.24) is 5.32 Å². The molecule has 0 unspecified atom stereocenters. The maximum absolute atomic E-state index is 12.0. The maximum Gasteiger partial charge on any atom is 0.326 e. The molecule has 6 heteroatoms. The lowest BCUT2D eigenvalue weighted by molar-refractivity contribution is -0.142. The van der Waals surface area contributed by atoms with E-state index in [2.05, 4.69) is 21.2 Å². The van der Waals surface area contributed by atoms with Gasteiger partial charge < -0.3 is 15.2 Å². The van der Waals surface area contributed by atoms with Gasteiger partial charge in [-0.05, 0) is 24.1 Å². The van der Waals surface area contributed by atoms with E-state index in [9.17, 15) is 14.7 Å². The number of nitrogens with one attached hydrogen (secondary N) is 1. The molecule has 1 heterocycles. The van der Waals surface area contributed by atoms with Crippen LogP contribution in [0.5, 0.6) is 0 Å². The van der Waals surface area contributed by atoms with E-state index in [4.69, 9.17) is 4.74 Å². The molecule has 1 aliphatic heterocycles. The molecule has 0 saturated carbocycles. The van der Waals surface area contributed by atoms with Crippen LogP contribution in [0.15, 0.2) is 28.7 Å². The van der Waals surface area contributed by atoms with Gasteiger partial charge in [0.05, 0.1) is 12.5 Å². The molecule has 1 fully saturated rings. The van der Waals surface area contributed by atoms with Crippen molar-refractivity contribution in [1.29, 1.82) is 0 Å². The zero-order valence-electron chi connectivity index (χ0n) is 10.8. The summed E-state index contributed by atoms with van der Waals surface area (Å²) in [4.78, 5) is 23.2. The van der Waals surface area contributed by atoms with Crippen LogP contribution in [0.2, 0.25) is 0 Å². The van der Waals surface area contributed by atoms with Gasteiger partial charge >= 0.3 is 5.97 Å². The van der Waals surface area contributed by atoms with Crippen LogP contribution in [0.3, 0.4) is 0 Å². The topological polar surface area (TPSA) is 75.6 Å². The molecular weight excluding hydrogens is 326 g/mol. The van der Waals surface area contributed by atoms with Crippen LogP contribution in [0.4, 0.5) is 0 Å². The highest BCUT2D eigenvalue weighted by Gasteiger charge is 2.28. The number of amides is 1. The summed E-state index contributed by atoms with van der Waals surface area (Å²) in [6.07, 6.45) is 0.906. The summed E-state index contributed by atoms with van der Waals surface area (Å²) in [5.41, 5.74) is 0.856. The predicted octanol–water partition coefficient (Wildman–Crippen LogP) is 1.60. The number of aliphatic carboxylic acids is 1. The molecule has 108 valence electrons. The van der Waals surface area contributed by atoms with E-state index in [0.717, 1.165) is 10.0 Å². The minimum atomic E-state index is -1.03. The number of ether oxygens (including phenoxy) is 1. The van der Waals surface area contributed by atoms with Gasteiger partial charge in [-0.2, -0.15) is 0 Å². The Morgan fingerprint density at radius 1 is 1.50 bits per heavy atom. The summed E-state index contributed by atoms with van der Waals surface area (Å²) in [6.45, 7) is 0.927. The Hall–Kier alpha value is -1.40. The summed E-state index contributed by atoms with van der Waals surface area (Å²) in [5, 5.41) is 11.8. The van der Waals surface area contributed by atoms with Crippen LogP contribution in [0.1, 0.15) is 12.0 Å². The van der Waals surface area contributed by atoms with Gasteiger partial charge in [-0.1, -0.05) is 28.1 Å². The molecule has 1 aromatic rings.